The van der Waals surface area contributed by atoms with Gasteiger partial charge < -0.3 is 9.67 Å². The molecule has 0 radical (unpaired) electrons. The topological polar surface area (TPSA) is 125 Å². The monoisotopic (exact) mass is 475 g/mol. The first-order valence-electron chi connectivity index (χ1n) is 11.3. The van der Waals surface area contributed by atoms with E-state index in [2.05, 4.69) is 20.5 Å². The van der Waals surface area contributed by atoms with Crippen molar-refractivity contribution in [3.05, 3.63) is 60.2 Å². The maximum atomic E-state index is 11.8. The Labute approximate surface area is 195 Å². The average molecular weight is 476 g/mol. The molecule has 0 amide bonds. The van der Waals surface area contributed by atoms with Crippen molar-refractivity contribution >= 4 is 15.8 Å². The number of sulfone groups is 1. The third-order valence-corrected chi connectivity index (χ3v) is 7.50. The second-order valence-corrected chi connectivity index (χ2v) is 10.7. The normalized spacial score (nSPS) is 17.6. The van der Waals surface area contributed by atoms with Gasteiger partial charge in [0.1, 0.15) is 0 Å². The van der Waals surface area contributed by atoms with Gasteiger partial charge in [0.2, 0.25) is 0 Å². The fraction of sp³-hybridized carbons (Fsp3) is 0.500. The van der Waals surface area contributed by atoms with Gasteiger partial charge in [0.25, 0.3) is 0 Å². The number of allylic oxidation sites excluding steroid dienone is 2. The lowest BCUT2D eigenvalue weighted by Crippen LogP contribution is -2.27. The molecule has 1 aliphatic carbocycles. The predicted octanol–water partition coefficient (Wildman–Crippen LogP) is 3.70. The summed E-state index contributed by atoms with van der Waals surface area (Å²) in [7, 11) is -3.25. The number of carbonyl (C=O) groups is 1. The van der Waals surface area contributed by atoms with Crippen molar-refractivity contribution in [3.8, 4) is 0 Å². The van der Waals surface area contributed by atoms with Gasteiger partial charge in [-0.25, -0.2) is 24.1 Å². The van der Waals surface area contributed by atoms with Crippen molar-refractivity contribution in [1.29, 1.82) is 0 Å². The summed E-state index contributed by atoms with van der Waals surface area (Å²) in [5.41, 5.74) is 2.29. The Morgan fingerprint density at radius 1 is 1.27 bits per heavy atom. The fourth-order valence-corrected chi connectivity index (χ4v) is 5.24. The highest BCUT2D eigenvalue weighted by Crippen LogP contribution is 2.37. The molecule has 2 unspecified atom stereocenters. The quantitative estimate of drug-likeness (QED) is 0.375. The standard InChI is InChI=1S/C24H33N3O5S/c1-33(30,31)20-12-10-18(11-13-20)16-22(27-15-14-26-17-27)21(19-6-3-2-4-7-19)8-5-9-23(32-25)24(28)29/h8,10-15,17,19,22-23H,2-7,9,16,25H2,1H3,(H,28,29). The van der Waals surface area contributed by atoms with Gasteiger partial charge in [0, 0.05) is 18.6 Å². The molecule has 1 fully saturated rings. The zero-order chi connectivity index (χ0) is 23.8. The van der Waals surface area contributed by atoms with Gasteiger partial charge >= 0.3 is 5.97 Å². The Hall–Kier alpha value is -2.49. The van der Waals surface area contributed by atoms with Gasteiger partial charge in [-0.05, 0) is 61.3 Å². The summed E-state index contributed by atoms with van der Waals surface area (Å²) in [6, 6.07) is 7.02. The number of nitrogens with zero attached hydrogens (tertiary/aromatic N) is 2. The van der Waals surface area contributed by atoms with Crippen LogP contribution in [-0.4, -0.2) is 41.4 Å². The second-order valence-electron chi connectivity index (χ2n) is 8.73. The number of carboxylic acids is 1. The van der Waals surface area contributed by atoms with Crippen molar-refractivity contribution < 1.29 is 23.2 Å². The summed E-state index contributed by atoms with van der Waals surface area (Å²) in [4.78, 5) is 20.4. The molecule has 8 nitrogen and oxygen atoms in total. The average Bonchev–Trinajstić information content (AvgIpc) is 3.33. The van der Waals surface area contributed by atoms with Crippen LogP contribution in [0.1, 0.15) is 56.6 Å². The molecule has 0 aliphatic heterocycles. The number of hydrogen-bond donors (Lipinski definition) is 2. The minimum absolute atomic E-state index is 0.00163. The molecule has 1 aromatic heterocycles. The molecule has 1 aromatic carbocycles. The van der Waals surface area contributed by atoms with Crippen LogP contribution >= 0.6 is 0 Å². The van der Waals surface area contributed by atoms with E-state index in [9.17, 15) is 18.3 Å². The summed E-state index contributed by atoms with van der Waals surface area (Å²) in [6.07, 6.45) is 15.1. The van der Waals surface area contributed by atoms with Gasteiger partial charge in [-0.3, -0.25) is 4.84 Å². The van der Waals surface area contributed by atoms with E-state index in [1.807, 2.05) is 18.3 Å². The second kappa shape index (κ2) is 11.6. The van der Waals surface area contributed by atoms with Gasteiger partial charge in [-0.1, -0.05) is 37.5 Å². The van der Waals surface area contributed by atoms with E-state index in [0.29, 0.717) is 30.1 Å². The summed E-state index contributed by atoms with van der Waals surface area (Å²) in [5, 5.41) is 9.24. The minimum atomic E-state index is -3.25. The minimum Gasteiger partial charge on any atom is -0.479 e. The van der Waals surface area contributed by atoms with Crippen molar-refractivity contribution in [3.63, 3.8) is 0 Å². The van der Waals surface area contributed by atoms with E-state index in [4.69, 9.17) is 5.90 Å². The van der Waals surface area contributed by atoms with E-state index < -0.39 is 21.9 Å². The Kier molecular flexibility index (Phi) is 8.82. The molecule has 1 aliphatic rings. The third kappa shape index (κ3) is 6.99. The lowest BCUT2D eigenvalue weighted by molar-refractivity contribution is -0.151. The Morgan fingerprint density at radius 2 is 1.97 bits per heavy atom. The van der Waals surface area contributed by atoms with Crippen LogP contribution in [0.4, 0.5) is 0 Å². The molecule has 0 bridgehead atoms. The summed E-state index contributed by atoms with van der Waals surface area (Å²) in [6.45, 7) is 0. The van der Waals surface area contributed by atoms with Crippen molar-refractivity contribution in [2.75, 3.05) is 6.26 Å². The lowest BCUT2D eigenvalue weighted by atomic mass is 9.79. The molecule has 9 heteroatoms. The fourth-order valence-electron chi connectivity index (χ4n) is 4.61. The van der Waals surface area contributed by atoms with Crippen LogP contribution in [0.25, 0.3) is 0 Å². The predicted molar refractivity (Wildman–Crippen MR) is 125 cm³/mol. The number of aromatic nitrogens is 2. The largest absolute Gasteiger partial charge is 0.479 e. The van der Waals surface area contributed by atoms with Gasteiger partial charge in [0.05, 0.1) is 17.3 Å². The maximum Gasteiger partial charge on any atom is 0.334 e. The zero-order valence-corrected chi connectivity index (χ0v) is 19.8. The van der Waals surface area contributed by atoms with Crippen molar-refractivity contribution in [2.45, 2.75) is 68.4 Å². The van der Waals surface area contributed by atoms with E-state index in [0.717, 1.165) is 18.4 Å². The molecule has 0 spiro atoms. The number of hydrogen-bond acceptors (Lipinski definition) is 6. The molecule has 1 heterocycles. The van der Waals surface area contributed by atoms with Crippen molar-refractivity contribution in [1.82, 2.24) is 9.55 Å². The number of benzene rings is 1. The molecule has 3 N–H and O–H groups in total. The lowest BCUT2D eigenvalue weighted by Gasteiger charge is -2.31. The van der Waals surface area contributed by atoms with E-state index in [1.165, 1.54) is 31.1 Å². The number of imidazole rings is 1. The van der Waals surface area contributed by atoms with Crippen LogP contribution in [-0.2, 0) is 25.9 Å². The van der Waals surface area contributed by atoms with Crippen molar-refractivity contribution in [2.24, 2.45) is 11.8 Å². The van der Waals surface area contributed by atoms with E-state index in [-0.39, 0.29) is 6.04 Å². The number of nitrogens with two attached hydrogens (primary N) is 1. The number of rotatable bonds is 11. The SMILES string of the molecule is CS(=O)(=O)c1ccc(CC(C(=CCCC(ON)C(=O)O)C2CCCCC2)n2ccnc2)cc1. The third-order valence-electron chi connectivity index (χ3n) is 6.38. The molecule has 1 saturated carbocycles. The molecule has 33 heavy (non-hydrogen) atoms. The Morgan fingerprint density at radius 3 is 2.52 bits per heavy atom. The smallest absolute Gasteiger partial charge is 0.334 e. The maximum absolute atomic E-state index is 11.8. The number of aliphatic carboxylic acids is 1. The van der Waals surface area contributed by atoms with Gasteiger partial charge in [0.15, 0.2) is 15.9 Å². The van der Waals surface area contributed by atoms with E-state index >= 15 is 0 Å². The molecular weight excluding hydrogens is 442 g/mol. The first-order valence-corrected chi connectivity index (χ1v) is 13.2. The van der Waals surface area contributed by atoms with Crippen LogP contribution in [0.2, 0.25) is 0 Å². The van der Waals surface area contributed by atoms with Crippen LogP contribution in [0.5, 0.6) is 0 Å². The zero-order valence-electron chi connectivity index (χ0n) is 19.0. The van der Waals surface area contributed by atoms with Crippen LogP contribution < -0.4 is 5.90 Å². The van der Waals surface area contributed by atoms with Crippen LogP contribution in [0.3, 0.4) is 0 Å². The molecule has 0 saturated heterocycles. The molecular formula is C24H33N3O5S. The Balaban J connectivity index is 1.90. The van der Waals surface area contributed by atoms with Crippen LogP contribution in [0.15, 0.2) is 59.5 Å². The Bertz CT molecular complexity index is 1030. The highest BCUT2D eigenvalue weighted by Gasteiger charge is 2.26. The van der Waals surface area contributed by atoms with Gasteiger partial charge in [-0.15, -0.1) is 0 Å². The van der Waals surface area contributed by atoms with Gasteiger partial charge in [-0.2, -0.15) is 0 Å². The van der Waals surface area contributed by atoms with E-state index in [1.54, 1.807) is 24.7 Å². The summed E-state index contributed by atoms with van der Waals surface area (Å²) >= 11 is 0. The van der Waals surface area contributed by atoms with Crippen LogP contribution in [0, 0.1) is 5.92 Å². The molecule has 180 valence electrons. The molecule has 2 atom stereocenters. The molecule has 2 aromatic rings. The molecule has 3 rings (SSSR count). The first-order chi connectivity index (χ1) is 15.8. The highest BCUT2D eigenvalue weighted by atomic mass is 32.2. The summed E-state index contributed by atoms with van der Waals surface area (Å²) in [5.74, 6) is 4.50. The number of carboxylic acid groups (broad SMARTS) is 1. The highest BCUT2D eigenvalue weighted by molar-refractivity contribution is 7.90. The first kappa shape index (κ1) is 25.1. The summed E-state index contributed by atoms with van der Waals surface area (Å²) < 4.78 is 25.7.